The zero-order valence-electron chi connectivity index (χ0n) is 13.0. The van der Waals surface area contributed by atoms with Crippen molar-refractivity contribution >= 4 is 11.6 Å². The minimum atomic E-state index is 0.415. The quantitative estimate of drug-likeness (QED) is 0.746. The summed E-state index contributed by atoms with van der Waals surface area (Å²) in [5.74, 6) is 2.26. The number of rotatable bonds is 7. The second kappa shape index (κ2) is 6.82. The maximum absolute atomic E-state index is 6.27. The Bertz CT molecular complexity index is 455. The molecule has 1 aromatic carbocycles. The van der Waals surface area contributed by atoms with Crippen LogP contribution in [0.25, 0.3) is 0 Å². The van der Waals surface area contributed by atoms with Crippen LogP contribution in [0.5, 0.6) is 5.75 Å². The molecular weight excluding hydrogens is 270 g/mol. The summed E-state index contributed by atoms with van der Waals surface area (Å²) >= 11 is 6.27. The van der Waals surface area contributed by atoms with E-state index in [0.29, 0.717) is 18.6 Å². The van der Waals surface area contributed by atoms with Crippen molar-refractivity contribution in [1.82, 2.24) is 5.32 Å². The predicted octanol–water partition coefficient (Wildman–Crippen LogP) is 4.54. The van der Waals surface area contributed by atoms with Gasteiger partial charge < -0.3 is 10.1 Å². The van der Waals surface area contributed by atoms with Gasteiger partial charge in [0.1, 0.15) is 12.4 Å². The lowest BCUT2D eigenvalue weighted by Gasteiger charge is -2.16. The molecule has 112 valence electrons. The third kappa shape index (κ3) is 4.13. The van der Waals surface area contributed by atoms with Crippen molar-refractivity contribution < 1.29 is 4.74 Å². The molecule has 1 atom stereocenters. The molecule has 1 aromatic rings. The fraction of sp³-hybridized carbons (Fsp3) is 0.647. The van der Waals surface area contributed by atoms with E-state index < -0.39 is 0 Å². The third-order valence-electron chi connectivity index (χ3n) is 4.07. The smallest absolute Gasteiger partial charge is 0.122 e. The number of ether oxygens (including phenoxy) is 1. The molecule has 0 saturated heterocycles. The lowest BCUT2D eigenvalue weighted by Crippen LogP contribution is -2.31. The molecule has 1 N–H and O–H groups in total. The number of hydrogen-bond donors (Lipinski definition) is 1. The Hall–Kier alpha value is -0.730. The molecule has 2 nitrogen and oxygen atoms in total. The van der Waals surface area contributed by atoms with Gasteiger partial charge in [-0.25, -0.2) is 0 Å². The maximum Gasteiger partial charge on any atom is 0.122 e. The average molecular weight is 296 g/mol. The molecule has 1 aliphatic rings. The van der Waals surface area contributed by atoms with Crippen LogP contribution < -0.4 is 10.1 Å². The van der Waals surface area contributed by atoms with Gasteiger partial charge in [0.2, 0.25) is 0 Å². The van der Waals surface area contributed by atoms with Crippen LogP contribution in [0, 0.1) is 12.8 Å². The summed E-state index contributed by atoms with van der Waals surface area (Å²) in [5, 5.41) is 4.37. The second-order valence-corrected chi connectivity index (χ2v) is 6.63. The maximum atomic E-state index is 6.27. The minimum absolute atomic E-state index is 0.415. The van der Waals surface area contributed by atoms with E-state index in [-0.39, 0.29) is 0 Å². The first-order valence-electron chi connectivity index (χ1n) is 7.65. The van der Waals surface area contributed by atoms with Gasteiger partial charge in [-0.1, -0.05) is 25.4 Å². The van der Waals surface area contributed by atoms with Crippen LogP contribution >= 0.6 is 11.6 Å². The molecule has 1 aliphatic carbocycles. The van der Waals surface area contributed by atoms with Crippen LogP contribution in [0.3, 0.4) is 0 Å². The average Bonchev–Trinajstić information content (AvgIpc) is 3.20. The zero-order valence-corrected chi connectivity index (χ0v) is 13.8. The Balaban J connectivity index is 1.86. The van der Waals surface area contributed by atoms with Crippen molar-refractivity contribution in [2.45, 2.75) is 52.5 Å². The number of halogens is 1. The van der Waals surface area contributed by atoms with E-state index in [4.69, 9.17) is 16.3 Å². The fourth-order valence-electron chi connectivity index (χ4n) is 2.48. The van der Waals surface area contributed by atoms with E-state index in [9.17, 15) is 0 Å². The van der Waals surface area contributed by atoms with Crippen LogP contribution in [0.4, 0.5) is 0 Å². The second-order valence-electron chi connectivity index (χ2n) is 6.22. The molecule has 1 saturated carbocycles. The van der Waals surface area contributed by atoms with E-state index in [1.54, 1.807) is 0 Å². The van der Waals surface area contributed by atoms with Gasteiger partial charge in [-0.2, -0.15) is 0 Å². The Morgan fingerprint density at radius 2 is 2.00 bits per heavy atom. The van der Waals surface area contributed by atoms with Crippen LogP contribution in [0.2, 0.25) is 5.02 Å². The van der Waals surface area contributed by atoms with Crippen molar-refractivity contribution in [1.29, 1.82) is 0 Å². The van der Waals surface area contributed by atoms with Crippen molar-refractivity contribution in [2.24, 2.45) is 5.92 Å². The van der Waals surface area contributed by atoms with E-state index in [1.807, 2.05) is 13.0 Å². The van der Waals surface area contributed by atoms with Gasteiger partial charge in [0.05, 0.1) is 0 Å². The number of hydrogen-bond acceptors (Lipinski definition) is 2. The van der Waals surface area contributed by atoms with Gasteiger partial charge in [-0.05, 0) is 61.8 Å². The van der Waals surface area contributed by atoms with Crippen molar-refractivity contribution in [3.8, 4) is 5.75 Å². The summed E-state index contributed by atoms with van der Waals surface area (Å²) in [5.41, 5.74) is 2.27. The number of nitrogens with one attached hydrogen (secondary N) is 1. The topological polar surface area (TPSA) is 21.3 Å². The van der Waals surface area contributed by atoms with E-state index in [2.05, 4.69) is 32.2 Å². The Morgan fingerprint density at radius 3 is 2.60 bits per heavy atom. The Kier molecular flexibility index (Phi) is 5.34. The molecule has 3 heteroatoms. The van der Waals surface area contributed by atoms with Gasteiger partial charge in [-0.15, -0.1) is 0 Å². The molecule has 0 bridgehead atoms. The highest BCUT2D eigenvalue weighted by atomic mass is 35.5. The summed E-state index contributed by atoms with van der Waals surface area (Å²) < 4.78 is 5.91. The van der Waals surface area contributed by atoms with Crippen LogP contribution in [-0.4, -0.2) is 19.2 Å². The summed E-state index contributed by atoms with van der Waals surface area (Å²) in [6.07, 6.45) is 2.76. The summed E-state index contributed by atoms with van der Waals surface area (Å²) in [6.45, 7) is 10.2. The highest BCUT2D eigenvalue weighted by Gasteiger charge is 2.27. The third-order valence-corrected chi connectivity index (χ3v) is 4.40. The Labute approximate surface area is 127 Å². The van der Waals surface area contributed by atoms with E-state index in [1.165, 1.54) is 12.8 Å². The molecule has 0 radical (unpaired) electrons. The van der Waals surface area contributed by atoms with Gasteiger partial charge in [-0.3, -0.25) is 0 Å². The molecule has 2 rings (SSSR count). The molecule has 20 heavy (non-hydrogen) atoms. The van der Waals surface area contributed by atoms with Gasteiger partial charge >= 0.3 is 0 Å². The summed E-state index contributed by atoms with van der Waals surface area (Å²) in [7, 11) is 0. The van der Waals surface area contributed by atoms with Crippen molar-refractivity contribution in [3.05, 3.63) is 28.3 Å². The molecular formula is C17H26ClNO. The molecule has 0 amide bonds. The summed E-state index contributed by atoms with van der Waals surface area (Å²) in [6, 6.07) is 4.72. The zero-order chi connectivity index (χ0) is 14.7. The van der Waals surface area contributed by atoms with E-state index in [0.717, 1.165) is 34.4 Å². The van der Waals surface area contributed by atoms with E-state index >= 15 is 0 Å². The number of aryl methyl sites for hydroxylation is 1. The Morgan fingerprint density at radius 1 is 1.30 bits per heavy atom. The highest BCUT2D eigenvalue weighted by Crippen LogP contribution is 2.32. The molecule has 0 heterocycles. The van der Waals surface area contributed by atoms with Gasteiger partial charge in [0.15, 0.2) is 0 Å². The molecule has 0 spiro atoms. The van der Waals surface area contributed by atoms with Crippen LogP contribution in [0.15, 0.2) is 12.1 Å². The number of benzene rings is 1. The van der Waals surface area contributed by atoms with Crippen LogP contribution in [0.1, 0.15) is 50.7 Å². The lowest BCUT2D eigenvalue weighted by molar-refractivity contribution is 0.301. The van der Waals surface area contributed by atoms with Gasteiger partial charge in [0.25, 0.3) is 0 Å². The lowest BCUT2D eigenvalue weighted by atomic mass is 10.0. The fourth-order valence-corrected chi connectivity index (χ4v) is 2.91. The first kappa shape index (κ1) is 15.7. The monoisotopic (exact) mass is 295 g/mol. The molecule has 1 unspecified atom stereocenters. The summed E-state index contributed by atoms with van der Waals surface area (Å²) in [4.78, 5) is 0. The predicted molar refractivity (Wildman–Crippen MR) is 86.0 cm³/mol. The molecule has 0 aliphatic heterocycles. The first-order chi connectivity index (χ1) is 9.49. The van der Waals surface area contributed by atoms with Crippen molar-refractivity contribution in [2.75, 3.05) is 13.2 Å². The largest absolute Gasteiger partial charge is 0.492 e. The van der Waals surface area contributed by atoms with Crippen LogP contribution in [-0.2, 0) is 0 Å². The standard InChI is InChI=1S/C17H26ClNO/c1-11(2)15-10-17(12(3)9-16(15)18)20-8-7-19-13(4)14-5-6-14/h9-11,13-14,19H,5-8H2,1-4H3. The molecule has 1 fully saturated rings. The first-order valence-corrected chi connectivity index (χ1v) is 8.03. The highest BCUT2D eigenvalue weighted by molar-refractivity contribution is 6.31. The van der Waals surface area contributed by atoms with Crippen molar-refractivity contribution in [3.63, 3.8) is 0 Å². The minimum Gasteiger partial charge on any atom is -0.492 e. The SMILES string of the molecule is Cc1cc(Cl)c(C(C)C)cc1OCCNC(C)C1CC1. The molecule has 0 aromatic heterocycles. The normalized spacial score (nSPS) is 16.5. The van der Waals surface area contributed by atoms with Gasteiger partial charge in [0, 0.05) is 17.6 Å².